The molecule has 0 aliphatic carbocycles. The Morgan fingerprint density at radius 1 is 1.06 bits per heavy atom. The Labute approximate surface area is 91.0 Å². The van der Waals surface area contributed by atoms with Crippen LogP contribution in [0, 0.1) is 5.21 Å². The van der Waals surface area contributed by atoms with Gasteiger partial charge in [-0.05, 0) is 23.0 Å². The molecule has 0 aliphatic rings. The van der Waals surface area contributed by atoms with Gasteiger partial charge in [0, 0.05) is 22.6 Å². The first-order valence-electron chi connectivity index (χ1n) is 4.87. The number of fused-ring (bicyclic) bond motifs is 3. The van der Waals surface area contributed by atoms with Crippen LogP contribution in [0.15, 0.2) is 42.5 Å². The summed E-state index contributed by atoms with van der Waals surface area (Å²) >= 11 is 0. The van der Waals surface area contributed by atoms with Crippen molar-refractivity contribution in [2.75, 3.05) is 0 Å². The van der Waals surface area contributed by atoms with Crippen LogP contribution in [0.5, 0.6) is 5.75 Å². The topological polar surface area (TPSA) is 60.1 Å². The van der Waals surface area contributed by atoms with E-state index in [0.29, 0.717) is 15.9 Å². The van der Waals surface area contributed by atoms with Crippen molar-refractivity contribution in [2.45, 2.75) is 0 Å². The molecule has 0 saturated heterocycles. The molecule has 4 heteroatoms. The molecule has 0 unspecified atom stereocenters. The van der Waals surface area contributed by atoms with Crippen LogP contribution in [-0.2, 0) is 0 Å². The molecule has 1 N–H and O–H groups in total. The van der Waals surface area contributed by atoms with Gasteiger partial charge >= 0.3 is 0 Å². The second kappa shape index (κ2) is 3.06. The number of phenols is 1. The van der Waals surface area contributed by atoms with E-state index in [1.54, 1.807) is 24.3 Å². The second-order valence-corrected chi connectivity index (χ2v) is 3.59. The largest absolute Gasteiger partial charge is 0.594 e. The molecule has 0 radical (unpaired) electrons. The van der Waals surface area contributed by atoms with E-state index < -0.39 is 0 Å². The van der Waals surface area contributed by atoms with E-state index in [4.69, 9.17) is 0 Å². The van der Waals surface area contributed by atoms with E-state index in [0.717, 1.165) is 10.8 Å². The van der Waals surface area contributed by atoms with E-state index in [2.05, 4.69) is 5.10 Å². The lowest BCUT2D eigenvalue weighted by Gasteiger charge is -2.03. The highest BCUT2D eigenvalue weighted by Gasteiger charge is 2.10. The lowest BCUT2D eigenvalue weighted by atomic mass is 10.1. The lowest BCUT2D eigenvalue weighted by Crippen LogP contribution is -2.31. The number of hydrogen-bond donors (Lipinski definition) is 1. The molecule has 0 saturated carbocycles. The fraction of sp³-hybridized carbons (Fsp3) is 0. The predicted octanol–water partition coefficient (Wildman–Crippen LogP) is 1.73. The van der Waals surface area contributed by atoms with Crippen molar-refractivity contribution in [3.8, 4) is 5.75 Å². The summed E-state index contributed by atoms with van der Waals surface area (Å²) in [6.07, 6.45) is 0. The van der Waals surface area contributed by atoms with Crippen molar-refractivity contribution in [2.24, 2.45) is 0 Å². The molecule has 78 valence electrons. The number of benzene rings is 2. The molecule has 0 aliphatic heterocycles. The normalized spacial score (nSPS) is 11.0. The number of aromatic hydroxyl groups is 1. The number of aromatic nitrogens is 2. The van der Waals surface area contributed by atoms with Gasteiger partial charge in [0.2, 0.25) is 0 Å². The van der Waals surface area contributed by atoms with E-state index in [-0.39, 0.29) is 5.75 Å². The minimum atomic E-state index is 0.107. The Hall–Kier alpha value is -2.36. The minimum Gasteiger partial charge on any atom is -0.594 e. The van der Waals surface area contributed by atoms with Gasteiger partial charge in [-0.3, -0.25) is 0 Å². The second-order valence-electron chi connectivity index (χ2n) is 3.59. The molecular weight excluding hydrogens is 204 g/mol. The number of rotatable bonds is 0. The Morgan fingerprint density at radius 3 is 2.75 bits per heavy atom. The van der Waals surface area contributed by atoms with Gasteiger partial charge in [0.15, 0.2) is 0 Å². The Balaban J connectivity index is 2.59. The third-order valence-corrected chi connectivity index (χ3v) is 2.58. The number of phenolic OH excluding ortho intramolecular Hbond substituents is 1. The van der Waals surface area contributed by atoms with Crippen LogP contribution in [0.25, 0.3) is 21.8 Å². The molecule has 1 aromatic heterocycles. The average molecular weight is 212 g/mol. The van der Waals surface area contributed by atoms with Crippen molar-refractivity contribution >= 4 is 21.8 Å². The summed E-state index contributed by atoms with van der Waals surface area (Å²) in [5, 5.41) is 26.5. The van der Waals surface area contributed by atoms with Gasteiger partial charge in [0.25, 0.3) is 5.52 Å². The van der Waals surface area contributed by atoms with Gasteiger partial charge in [-0.1, -0.05) is 12.1 Å². The Bertz CT molecular complexity index is 695. The first-order chi connectivity index (χ1) is 7.75. The zero-order chi connectivity index (χ0) is 11.1. The van der Waals surface area contributed by atoms with Crippen LogP contribution < -0.4 is 4.85 Å². The highest BCUT2D eigenvalue weighted by Crippen LogP contribution is 2.23. The van der Waals surface area contributed by atoms with Crippen molar-refractivity contribution in [1.82, 2.24) is 5.10 Å². The summed E-state index contributed by atoms with van der Waals surface area (Å²) in [4.78, 5) is 0.580. The molecule has 0 spiro atoms. The molecule has 16 heavy (non-hydrogen) atoms. The van der Waals surface area contributed by atoms with Crippen LogP contribution in [0.3, 0.4) is 0 Å². The third kappa shape index (κ3) is 1.16. The molecule has 4 nitrogen and oxygen atoms in total. The predicted molar refractivity (Wildman–Crippen MR) is 59.9 cm³/mol. The molecule has 0 bridgehead atoms. The fourth-order valence-corrected chi connectivity index (χ4v) is 1.85. The Morgan fingerprint density at radius 2 is 1.88 bits per heavy atom. The van der Waals surface area contributed by atoms with Crippen molar-refractivity contribution in [3.63, 3.8) is 0 Å². The molecule has 1 heterocycles. The quantitative estimate of drug-likeness (QED) is 0.350. The number of hydrogen-bond acceptors (Lipinski definition) is 3. The van der Waals surface area contributed by atoms with Crippen LogP contribution in [0.2, 0.25) is 0 Å². The molecule has 3 rings (SSSR count). The molecule has 0 atom stereocenters. The maximum atomic E-state index is 11.6. The van der Waals surface area contributed by atoms with Crippen LogP contribution >= 0.6 is 0 Å². The summed E-state index contributed by atoms with van der Waals surface area (Å²) in [6.45, 7) is 0. The molecule has 0 fully saturated rings. The molecular formula is C12H8N2O2. The number of para-hydroxylation sites is 1. The summed E-state index contributed by atoms with van der Waals surface area (Å²) < 4.78 is 0. The number of nitrogens with zero attached hydrogens (tertiary/aromatic N) is 2. The zero-order valence-electron chi connectivity index (χ0n) is 8.29. The summed E-state index contributed by atoms with van der Waals surface area (Å²) in [7, 11) is 0. The van der Waals surface area contributed by atoms with Crippen molar-refractivity contribution in [3.05, 3.63) is 47.7 Å². The summed E-state index contributed by atoms with van der Waals surface area (Å²) in [5.41, 5.74) is 1.02. The summed E-state index contributed by atoms with van der Waals surface area (Å²) in [5.74, 6) is 0.107. The molecule has 2 aromatic carbocycles. The third-order valence-electron chi connectivity index (χ3n) is 2.58. The smallest absolute Gasteiger partial charge is 0.252 e. The fourth-order valence-electron chi connectivity index (χ4n) is 1.85. The first-order valence-corrected chi connectivity index (χ1v) is 4.87. The van der Waals surface area contributed by atoms with E-state index >= 15 is 0 Å². The van der Waals surface area contributed by atoms with Crippen molar-refractivity contribution in [1.29, 1.82) is 0 Å². The average Bonchev–Trinajstić information content (AvgIpc) is 2.29. The minimum absolute atomic E-state index is 0.107. The summed E-state index contributed by atoms with van der Waals surface area (Å²) in [6, 6.07) is 12.1. The van der Waals surface area contributed by atoms with Crippen LogP contribution in [-0.4, -0.2) is 10.2 Å². The highest BCUT2D eigenvalue weighted by atomic mass is 16.5. The monoisotopic (exact) mass is 212 g/mol. The standard InChI is InChI=1S/C12H8N2O2/c15-8-5-6-9-10-3-1-2-4-12(10)14(16)13-11(9)7-8/h1-7,15H. The van der Waals surface area contributed by atoms with Gasteiger partial charge in [0.05, 0.1) is 5.39 Å². The van der Waals surface area contributed by atoms with E-state index in [1.165, 1.54) is 6.07 Å². The maximum Gasteiger partial charge on any atom is 0.252 e. The first kappa shape index (κ1) is 8.91. The van der Waals surface area contributed by atoms with Crippen LogP contribution in [0.1, 0.15) is 0 Å². The highest BCUT2D eigenvalue weighted by molar-refractivity contribution is 6.02. The van der Waals surface area contributed by atoms with Gasteiger partial charge in [0.1, 0.15) is 11.3 Å². The lowest BCUT2D eigenvalue weighted by molar-refractivity contribution is -0.639. The zero-order valence-corrected chi connectivity index (χ0v) is 8.29. The van der Waals surface area contributed by atoms with E-state index in [1.807, 2.05) is 12.1 Å². The maximum absolute atomic E-state index is 11.6. The van der Waals surface area contributed by atoms with E-state index in [9.17, 15) is 10.3 Å². The molecule has 3 aromatic rings. The van der Waals surface area contributed by atoms with Crippen LogP contribution in [0.4, 0.5) is 0 Å². The SMILES string of the molecule is [O-][n+]1nc2cc(O)ccc2c2ccccc21. The van der Waals surface area contributed by atoms with Gasteiger partial charge in [-0.25, -0.2) is 0 Å². The molecule has 0 amide bonds. The van der Waals surface area contributed by atoms with Gasteiger partial charge < -0.3 is 10.3 Å². The van der Waals surface area contributed by atoms with Gasteiger partial charge in [-0.2, -0.15) is 0 Å². The Kier molecular flexibility index (Phi) is 1.71. The van der Waals surface area contributed by atoms with Gasteiger partial charge in [-0.15, -0.1) is 0 Å². The van der Waals surface area contributed by atoms with Crippen molar-refractivity contribution < 1.29 is 9.95 Å².